The van der Waals surface area contributed by atoms with Crippen LogP contribution in [-0.4, -0.2) is 25.8 Å². The van der Waals surface area contributed by atoms with Crippen molar-refractivity contribution in [2.45, 2.75) is 6.92 Å². The number of carbonyl (C=O) groups excluding carboxylic acids is 1. The predicted octanol–water partition coefficient (Wildman–Crippen LogP) is 3.51. The standard InChI is InChI=1S/C17H17ClN2O3/c1-3-23-16-9-8-15(22-2)10-13(16)11-19-20-17(21)12-4-6-14(18)7-5-12/h4-11H,3H2,1-2H3,(H,20,21). The van der Waals surface area contributed by atoms with Gasteiger partial charge in [-0.2, -0.15) is 5.10 Å². The number of carbonyl (C=O) groups is 1. The summed E-state index contributed by atoms with van der Waals surface area (Å²) >= 11 is 5.79. The summed E-state index contributed by atoms with van der Waals surface area (Å²) in [5.41, 5.74) is 3.65. The molecule has 0 spiro atoms. The first-order valence-corrected chi connectivity index (χ1v) is 7.41. The number of benzene rings is 2. The Bertz CT molecular complexity index is 699. The summed E-state index contributed by atoms with van der Waals surface area (Å²) in [5, 5.41) is 4.54. The van der Waals surface area contributed by atoms with Gasteiger partial charge < -0.3 is 9.47 Å². The van der Waals surface area contributed by atoms with Crippen LogP contribution in [-0.2, 0) is 0 Å². The van der Waals surface area contributed by atoms with Gasteiger partial charge in [-0.15, -0.1) is 0 Å². The summed E-state index contributed by atoms with van der Waals surface area (Å²) in [6.45, 7) is 2.43. The minimum Gasteiger partial charge on any atom is -0.497 e. The summed E-state index contributed by atoms with van der Waals surface area (Å²) in [7, 11) is 1.58. The molecule has 0 aliphatic heterocycles. The summed E-state index contributed by atoms with van der Waals surface area (Å²) in [6.07, 6.45) is 1.52. The van der Waals surface area contributed by atoms with E-state index in [1.165, 1.54) is 6.21 Å². The van der Waals surface area contributed by atoms with E-state index in [4.69, 9.17) is 21.1 Å². The third kappa shape index (κ3) is 4.72. The zero-order valence-corrected chi connectivity index (χ0v) is 13.6. The molecule has 2 aromatic carbocycles. The molecule has 120 valence electrons. The molecule has 0 atom stereocenters. The topological polar surface area (TPSA) is 59.9 Å². The van der Waals surface area contributed by atoms with Crippen LogP contribution in [0.5, 0.6) is 11.5 Å². The van der Waals surface area contributed by atoms with Gasteiger partial charge in [0.05, 0.1) is 19.9 Å². The van der Waals surface area contributed by atoms with Crippen molar-refractivity contribution in [3.05, 3.63) is 58.6 Å². The van der Waals surface area contributed by atoms with Crippen LogP contribution in [0.3, 0.4) is 0 Å². The molecule has 0 bridgehead atoms. The summed E-state index contributed by atoms with van der Waals surface area (Å²) in [5.74, 6) is 1.02. The van der Waals surface area contributed by atoms with Gasteiger partial charge in [0.1, 0.15) is 11.5 Å². The Morgan fingerprint density at radius 2 is 2.00 bits per heavy atom. The molecule has 6 heteroatoms. The van der Waals surface area contributed by atoms with Crippen LogP contribution < -0.4 is 14.9 Å². The fourth-order valence-corrected chi connectivity index (χ4v) is 1.99. The van der Waals surface area contributed by atoms with Crippen LogP contribution in [0.1, 0.15) is 22.8 Å². The quantitative estimate of drug-likeness (QED) is 0.650. The Labute approximate surface area is 139 Å². The number of hydrazone groups is 1. The molecular weight excluding hydrogens is 316 g/mol. The molecule has 0 aliphatic rings. The summed E-state index contributed by atoms with van der Waals surface area (Å²) < 4.78 is 10.7. The van der Waals surface area contributed by atoms with Crippen LogP contribution in [0.25, 0.3) is 0 Å². The van der Waals surface area contributed by atoms with Crippen LogP contribution in [0, 0.1) is 0 Å². The lowest BCUT2D eigenvalue weighted by Crippen LogP contribution is -2.17. The van der Waals surface area contributed by atoms with E-state index in [0.717, 1.165) is 0 Å². The van der Waals surface area contributed by atoms with Crippen LogP contribution >= 0.6 is 11.6 Å². The van der Waals surface area contributed by atoms with Gasteiger partial charge in [-0.05, 0) is 49.4 Å². The van der Waals surface area contributed by atoms with Crippen molar-refractivity contribution >= 4 is 23.7 Å². The number of hydrogen-bond acceptors (Lipinski definition) is 4. The average molecular weight is 333 g/mol. The van der Waals surface area contributed by atoms with E-state index in [-0.39, 0.29) is 5.91 Å². The predicted molar refractivity (Wildman–Crippen MR) is 90.7 cm³/mol. The second kappa shape index (κ2) is 8.19. The van der Waals surface area contributed by atoms with Crippen molar-refractivity contribution in [1.29, 1.82) is 0 Å². The number of amides is 1. The molecule has 0 aromatic heterocycles. The van der Waals surface area contributed by atoms with Gasteiger partial charge in [-0.25, -0.2) is 5.43 Å². The first kappa shape index (κ1) is 16.8. The number of rotatable bonds is 6. The lowest BCUT2D eigenvalue weighted by atomic mass is 10.2. The van der Waals surface area contributed by atoms with Crippen molar-refractivity contribution in [2.75, 3.05) is 13.7 Å². The molecule has 1 N–H and O–H groups in total. The Morgan fingerprint density at radius 3 is 2.65 bits per heavy atom. The van der Waals surface area contributed by atoms with Gasteiger partial charge >= 0.3 is 0 Å². The lowest BCUT2D eigenvalue weighted by Gasteiger charge is -2.08. The maximum atomic E-state index is 12.0. The largest absolute Gasteiger partial charge is 0.497 e. The highest BCUT2D eigenvalue weighted by Crippen LogP contribution is 2.22. The third-order valence-corrected chi connectivity index (χ3v) is 3.24. The van der Waals surface area contributed by atoms with Gasteiger partial charge in [0.15, 0.2) is 0 Å². The van der Waals surface area contributed by atoms with E-state index in [9.17, 15) is 4.79 Å². The van der Waals surface area contributed by atoms with Crippen molar-refractivity contribution in [1.82, 2.24) is 5.43 Å². The van der Waals surface area contributed by atoms with E-state index in [0.29, 0.717) is 34.3 Å². The van der Waals surface area contributed by atoms with Gasteiger partial charge in [0.2, 0.25) is 0 Å². The number of ether oxygens (including phenoxy) is 2. The van der Waals surface area contributed by atoms with Crippen molar-refractivity contribution in [3.63, 3.8) is 0 Å². The highest BCUT2D eigenvalue weighted by atomic mass is 35.5. The molecule has 0 heterocycles. The Hall–Kier alpha value is -2.53. The van der Waals surface area contributed by atoms with Crippen LogP contribution in [0.4, 0.5) is 0 Å². The van der Waals surface area contributed by atoms with Crippen molar-refractivity contribution in [2.24, 2.45) is 5.10 Å². The molecule has 0 saturated carbocycles. The molecule has 2 aromatic rings. The van der Waals surface area contributed by atoms with Crippen LogP contribution in [0.2, 0.25) is 5.02 Å². The van der Waals surface area contributed by atoms with Gasteiger partial charge in [-0.1, -0.05) is 11.6 Å². The van der Waals surface area contributed by atoms with Gasteiger partial charge in [-0.3, -0.25) is 4.79 Å². The van der Waals surface area contributed by atoms with Gasteiger partial charge in [0, 0.05) is 16.1 Å². The van der Waals surface area contributed by atoms with E-state index in [2.05, 4.69) is 10.5 Å². The first-order valence-electron chi connectivity index (χ1n) is 7.04. The number of halogens is 1. The number of hydrogen-bond donors (Lipinski definition) is 1. The lowest BCUT2D eigenvalue weighted by molar-refractivity contribution is 0.0955. The number of nitrogens with one attached hydrogen (secondary N) is 1. The Balaban J connectivity index is 2.10. The molecule has 23 heavy (non-hydrogen) atoms. The zero-order valence-electron chi connectivity index (χ0n) is 12.9. The summed E-state index contributed by atoms with van der Waals surface area (Å²) in [4.78, 5) is 12.0. The second-order valence-corrected chi connectivity index (χ2v) is 4.98. The van der Waals surface area contributed by atoms with E-state index >= 15 is 0 Å². The normalized spacial score (nSPS) is 10.6. The highest BCUT2D eigenvalue weighted by molar-refractivity contribution is 6.30. The summed E-state index contributed by atoms with van der Waals surface area (Å²) in [6, 6.07) is 11.9. The number of nitrogens with zero attached hydrogens (tertiary/aromatic N) is 1. The fraction of sp³-hybridized carbons (Fsp3) is 0.176. The highest BCUT2D eigenvalue weighted by Gasteiger charge is 2.05. The van der Waals surface area contributed by atoms with E-state index in [1.807, 2.05) is 6.92 Å². The molecule has 0 aliphatic carbocycles. The molecule has 0 radical (unpaired) electrons. The maximum absolute atomic E-state index is 12.0. The minimum atomic E-state index is -0.321. The molecule has 1 amide bonds. The average Bonchev–Trinajstić information content (AvgIpc) is 2.57. The van der Waals surface area contributed by atoms with Crippen molar-refractivity contribution < 1.29 is 14.3 Å². The Kier molecular flexibility index (Phi) is 6.00. The SMILES string of the molecule is CCOc1ccc(OC)cc1C=NNC(=O)c1ccc(Cl)cc1. The molecule has 5 nitrogen and oxygen atoms in total. The van der Waals surface area contributed by atoms with Crippen molar-refractivity contribution in [3.8, 4) is 11.5 Å². The molecule has 0 saturated heterocycles. The maximum Gasteiger partial charge on any atom is 0.271 e. The van der Waals surface area contributed by atoms with Crippen LogP contribution in [0.15, 0.2) is 47.6 Å². The molecule has 0 unspecified atom stereocenters. The third-order valence-electron chi connectivity index (χ3n) is 2.99. The fourth-order valence-electron chi connectivity index (χ4n) is 1.87. The molecule has 0 fully saturated rings. The van der Waals surface area contributed by atoms with E-state index < -0.39 is 0 Å². The van der Waals surface area contributed by atoms with Gasteiger partial charge in [0.25, 0.3) is 5.91 Å². The number of methoxy groups -OCH3 is 1. The molecule has 2 rings (SSSR count). The molecular formula is C17H17ClN2O3. The second-order valence-electron chi connectivity index (χ2n) is 4.54. The van der Waals surface area contributed by atoms with E-state index in [1.54, 1.807) is 49.6 Å². The Morgan fingerprint density at radius 1 is 1.26 bits per heavy atom. The first-order chi connectivity index (χ1) is 11.1. The smallest absolute Gasteiger partial charge is 0.271 e. The minimum absolute atomic E-state index is 0.321. The zero-order chi connectivity index (χ0) is 16.7. The monoisotopic (exact) mass is 332 g/mol.